The summed E-state index contributed by atoms with van der Waals surface area (Å²) in [6, 6.07) is 5.96. The minimum absolute atomic E-state index is 0. The molecule has 4 heteroatoms. The zero-order valence-corrected chi connectivity index (χ0v) is 12.2. The van der Waals surface area contributed by atoms with Crippen LogP contribution in [0.5, 0.6) is 5.75 Å². The number of hydrogen-bond donors (Lipinski definition) is 2. The number of fused-ring (bicyclic) bond motifs is 5. The van der Waals surface area contributed by atoms with Crippen LogP contribution in [0.1, 0.15) is 56.1 Å². The molecule has 3 aliphatic rings. The third-order valence-corrected chi connectivity index (χ3v) is 6.66. The topological polar surface area (TPSA) is 40.5 Å². The van der Waals surface area contributed by atoms with E-state index in [1.54, 1.807) is 0 Å². The van der Waals surface area contributed by atoms with E-state index in [1.807, 2.05) is 12.1 Å². The quantitative estimate of drug-likeness (QED) is 0.720. The maximum absolute atomic E-state index is 10.4. The summed E-state index contributed by atoms with van der Waals surface area (Å²) in [7, 11) is 0. The molecule has 0 saturated heterocycles. The van der Waals surface area contributed by atoms with Crippen molar-refractivity contribution in [3.63, 3.8) is 0 Å². The van der Waals surface area contributed by atoms with Gasteiger partial charge in [-0.2, -0.15) is 0 Å². The Labute approximate surface area is 177 Å². The molecule has 4 rings (SSSR count). The zero-order valence-electron chi connectivity index (χ0n) is 12.2. The van der Waals surface area contributed by atoms with Crippen LogP contribution in [0.3, 0.4) is 0 Å². The van der Waals surface area contributed by atoms with E-state index in [2.05, 4.69) is 13.0 Å². The molecule has 0 aliphatic heterocycles. The van der Waals surface area contributed by atoms with Crippen LogP contribution in [0.15, 0.2) is 18.2 Å². The fraction of sp³-hybridized carbons (Fsp3) is 0.667. The molecule has 22 heavy (non-hydrogen) atoms. The number of aliphatic hydroxyl groups is 1. The molecule has 1 aromatic carbocycles. The van der Waals surface area contributed by atoms with Crippen molar-refractivity contribution in [2.75, 3.05) is 0 Å². The van der Waals surface area contributed by atoms with Crippen LogP contribution in [0.4, 0.5) is 0 Å². The summed E-state index contributed by atoms with van der Waals surface area (Å²) in [5.74, 6) is 2.49. The van der Waals surface area contributed by atoms with Gasteiger partial charge < -0.3 is 10.2 Å². The van der Waals surface area contributed by atoms with Crippen LogP contribution in [0.2, 0.25) is 0 Å². The second kappa shape index (κ2) is 7.07. The van der Waals surface area contributed by atoms with Crippen molar-refractivity contribution in [1.29, 1.82) is 0 Å². The van der Waals surface area contributed by atoms with Crippen molar-refractivity contribution in [3.05, 3.63) is 29.3 Å². The monoisotopic (exact) mass is 320 g/mol. The molecule has 0 radical (unpaired) electrons. The molecule has 0 bridgehead atoms. The number of phenolic OH excluding ortho intramolecular Hbond substituents is 1. The zero-order chi connectivity index (χ0) is 13.9. The van der Waals surface area contributed by atoms with Gasteiger partial charge in [-0.25, -0.2) is 0 Å². The van der Waals surface area contributed by atoms with Crippen LogP contribution < -0.4 is 0 Å². The summed E-state index contributed by atoms with van der Waals surface area (Å²) in [5.41, 5.74) is 2.99. The molecule has 3 aliphatic carbocycles. The molecular weight excluding hydrogens is 294 g/mol. The third kappa shape index (κ3) is 2.87. The fourth-order valence-electron chi connectivity index (χ4n) is 5.54. The van der Waals surface area contributed by atoms with E-state index in [9.17, 15) is 10.2 Å². The Bertz CT molecular complexity index is 548. The first-order valence-corrected chi connectivity index (χ1v) is 8.09. The van der Waals surface area contributed by atoms with Crippen LogP contribution in [0.25, 0.3) is 0 Å². The Morgan fingerprint density at radius 3 is 2.64 bits per heavy atom. The molecule has 1 aromatic rings. The molecule has 2 N–H and O–H groups in total. The SMILES string of the molecule is C[C@]12CC[C@@H]3c4ccc(O)cc4CC[C@H]3[C@@H]1CC[C@@H]2O.[NaH].[NaH]. The molecule has 0 unspecified atom stereocenters. The number of benzene rings is 1. The number of aromatic hydroxyl groups is 1. The van der Waals surface area contributed by atoms with Gasteiger partial charge in [0.1, 0.15) is 5.75 Å². The predicted molar refractivity (Wildman–Crippen MR) is 93.0 cm³/mol. The summed E-state index contributed by atoms with van der Waals surface area (Å²) in [6.45, 7) is 2.32. The van der Waals surface area contributed by atoms with E-state index in [0.29, 0.717) is 17.6 Å². The number of phenols is 1. The van der Waals surface area contributed by atoms with E-state index in [0.717, 1.165) is 25.2 Å². The Kier molecular flexibility index (Phi) is 6.21. The number of aryl methyl sites for hydroxylation is 1. The van der Waals surface area contributed by atoms with E-state index < -0.39 is 0 Å². The van der Waals surface area contributed by atoms with Crippen molar-refractivity contribution in [1.82, 2.24) is 0 Å². The van der Waals surface area contributed by atoms with Gasteiger partial charge in [-0.15, -0.1) is 0 Å². The number of rotatable bonds is 0. The normalized spacial score (nSPS) is 38.8. The van der Waals surface area contributed by atoms with Crippen molar-refractivity contribution >= 4 is 59.1 Å². The Morgan fingerprint density at radius 1 is 1.09 bits per heavy atom. The first kappa shape index (κ1) is 19.3. The van der Waals surface area contributed by atoms with Gasteiger partial charge in [0.05, 0.1) is 6.10 Å². The second-order valence-electron chi connectivity index (χ2n) is 7.44. The second-order valence-corrected chi connectivity index (χ2v) is 7.44. The minimum atomic E-state index is -0.0883. The standard InChI is InChI=1S/C18H24O2.2Na.2H/c1-18-9-8-14-13-5-3-12(19)10-11(13)2-4-15(14)16(18)6-7-17(18)20;;;;/h3,5,10,14-17,19-20H,2,4,6-9H2,1H3;;;;/t14-,15-,16+,17+,18+;;;;/m1..../s1. The number of hydrogen-bond acceptors (Lipinski definition) is 2. The third-order valence-electron chi connectivity index (χ3n) is 6.66. The summed E-state index contributed by atoms with van der Waals surface area (Å²) in [6.07, 6.45) is 6.78. The van der Waals surface area contributed by atoms with Crippen LogP contribution in [-0.2, 0) is 6.42 Å². The molecule has 2 saturated carbocycles. The van der Waals surface area contributed by atoms with Gasteiger partial charge in [-0.1, -0.05) is 13.0 Å². The molecule has 0 aromatic heterocycles. The molecule has 0 amide bonds. The van der Waals surface area contributed by atoms with E-state index in [4.69, 9.17) is 0 Å². The van der Waals surface area contributed by atoms with Crippen molar-refractivity contribution in [2.24, 2.45) is 17.3 Å². The number of aliphatic hydroxyl groups excluding tert-OH is 1. The average Bonchev–Trinajstić information content (AvgIpc) is 2.74. The average molecular weight is 320 g/mol. The summed E-state index contributed by atoms with van der Waals surface area (Å²) >= 11 is 0. The molecule has 5 atom stereocenters. The van der Waals surface area contributed by atoms with Crippen LogP contribution >= 0.6 is 0 Å². The van der Waals surface area contributed by atoms with E-state index >= 15 is 0 Å². The Morgan fingerprint density at radius 2 is 1.86 bits per heavy atom. The molecule has 112 valence electrons. The van der Waals surface area contributed by atoms with Crippen molar-refractivity contribution in [3.8, 4) is 5.75 Å². The first-order valence-electron chi connectivity index (χ1n) is 8.09. The molecule has 0 heterocycles. The summed E-state index contributed by atoms with van der Waals surface area (Å²) < 4.78 is 0. The van der Waals surface area contributed by atoms with Crippen molar-refractivity contribution < 1.29 is 10.2 Å². The van der Waals surface area contributed by atoms with Gasteiger partial charge in [0.15, 0.2) is 0 Å². The van der Waals surface area contributed by atoms with Crippen LogP contribution in [-0.4, -0.2) is 75.4 Å². The Balaban J connectivity index is 0.000000882. The van der Waals surface area contributed by atoms with Gasteiger partial charge in [0, 0.05) is 0 Å². The fourth-order valence-corrected chi connectivity index (χ4v) is 5.54. The van der Waals surface area contributed by atoms with Gasteiger partial charge in [-0.05, 0) is 85.0 Å². The van der Waals surface area contributed by atoms with Gasteiger partial charge >= 0.3 is 59.1 Å². The maximum atomic E-state index is 10.4. The van der Waals surface area contributed by atoms with Gasteiger partial charge in [-0.3, -0.25) is 0 Å². The predicted octanol–water partition coefficient (Wildman–Crippen LogP) is 2.31. The summed E-state index contributed by atoms with van der Waals surface area (Å²) in [4.78, 5) is 0. The van der Waals surface area contributed by atoms with Gasteiger partial charge in [0.25, 0.3) is 0 Å². The molecular formula is C18H26Na2O2. The molecule has 2 nitrogen and oxygen atoms in total. The van der Waals surface area contributed by atoms with Crippen molar-refractivity contribution in [2.45, 2.75) is 57.5 Å². The van der Waals surface area contributed by atoms with E-state index in [1.165, 1.54) is 30.4 Å². The summed E-state index contributed by atoms with van der Waals surface area (Å²) in [5, 5.41) is 20.0. The van der Waals surface area contributed by atoms with Crippen LogP contribution in [0, 0.1) is 17.3 Å². The first-order chi connectivity index (χ1) is 9.59. The Hall–Kier alpha value is 0.980. The molecule has 2 fully saturated rings. The van der Waals surface area contributed by atoms with E-state index in [-0.39, 0.29) is 70.6 Å². The molecule has 0 spiro atoms. The van der Waals surface area contributed by atoms with Gasteiger partial charge in [0.2, 0.25) is 0 Å².